The topological polar surface area (TPSA) is 52.6 Å². The number of hydrogen-bond acceptors (Lipinski definition) is 3. The molecule has 4 nitrogen and oxygen atoms in total. The van der Waals surface area contributed by atoms with E-state index in [-0.39, 0.29) is 17.9 Å². The molecule has 2 atom stereocenters. The molecule has 1 aromatic carbocycles. The number of amides is 1. The van der Waals surface area contributed by atoms with Gasteiger partial charge in [0.15, 0.2) is 0 Å². The summed E-state index contributed by atoms with van der Waals surface area (Å²) >= 11 is 6.78. The van der Waals surface area contributed by atoms with Crippen LogP contribution < -0.4 is 5.32 Å². The molecule has 1 aliphatic heterocycles. The largest absolute Gasteiger partial charge is 0.393 e. The molecule has 0 spiro atoms. The summed E-state index contributed by atoms with van der Waals surface area (Å²) < 4.78 is 3.28. The molecule has 0 aromatic heterocycles. The van der Waals surface area contributed by atoms with E-state index in [0.29, 0.717) is 6.54 Å². The summed E-state index contributed by atoms with van der Waals surface area (Å²) in [7, 11) is 0. The summed E-state index contributed by atoms with van der Waals surface area (Å²) in [6.07, 6.45) is 0.509. The lowest BCUT2D eigenvalue weighted by Gasteiger charge is -2.33. The third-order valence-corrected chi connectivity index (χ3v) is 5.91. The molecule has 1 heterocycles. The van der Waals surface area contributed by atoms with Gasteiger partial charge in [0.05, 0.1) is 18.3 Å². The smallest absolute Gasteiger partial charge is 0.238 e. The van der Waals surface area contributed by atoms with E-state index in [0.717, 1.165) is 32.3 Å². The van der Waals surface area contributed by atoms with Crippen molar-refractivity contribution in [1.29, 1.82) is 0 Å². The number of likely N-dealkylation sites (tertiary alicyclic amines) is 1. The Labute approximate surface area is 165 Å². The average molecular weight is 626 g/mol. The highest BCUT2D eigenvalue weighted by atomic mass is 127. The molecule has 0 aliphatic carbocycles. The van der Waals surface area contributed by atoms with E-state index in [1.54, 1.807) is 0 Å². The zero-order valence-electron chi connectivity index (χ0n) is 11.6. The Bertz CT molecular complexity index is 516. The highest BCUT2D eigenvalue weighted by Crippen LogP contribution is 2.27. The summed E-state index contributed by atoms with van der Waals surface area (Å²) in [5.74, 6) is 0.237. The van der Waals surface area contributed by atoms with Crippen LogP contribution in [0, 0.1) is 16.6 Å². The van der Waals surface area contributed by atoms with Gasteiger partial charge in [0.1, 0.15) is 0 Å². The third-order valence-electron chi connectivity index (χ3n) is 3.58. The minimum atomic E-state index is -0.234. The molecule has 0 bridgehead atoms. The maximum absolute atomic E-state index is 12.2. The van der Waals surface area contributed by atoms with Gasteiger partial charge in [-0.1, -0.05) is 6.92 Å². The van der Waals surface area contributed by atoms with Gasteiger partial charge in [-0.15, -0.1) is 0 Å². The third kappa shape index (κ3) is 5.15. The number of nitrogens with zero attached hydrogens (tertiary/aromatic N) is 1. The summed E-state index contributed by atoms with van der Waals surface area (Å²) in [6, 6.07) is 4.11. The van der Waals surface area contributed by atoms with Gasteiger partial charge in [-0.3, -0.25) is 9.69 Å². The van der Waals surface area contributed by atoms with Gasteiger partial charge in [0.2, 0.25) is 5.91 Å². The second-order valence-electron chi connectivity index (χ2n) is 5.36. The SMILES string of the molecule is CC1CN(CC(=O)Nc2c(I)cc(I)cc2I)CCC1O. The Kier molecular flexibility index (Phi) is 6.97. The average Bonchev–Trinajstić information content (AvgIpc) is 2.38. The Morgan fingerprint density at radius 3 is 2.57 bits per heavy atom. The first-order valence-corrected chi connectivity index (χ1v) is 9.95. The van der Waals surface area contributed by atoms with E-state index in [1.807, 2.05) is 6.92 Å². The van der Waals surface area contributed by atoms with Gasteiger partial charge in [0, 0.05) is 23.8 Å². The van der Waals surface area contributed by atoms with E-state index >= 15 is 0 Å². The van der Waals surface area contributed by atoms with Crippen molar-refractivity contribution in [3.8, 4) is 0 Å². The first-order chi connectivity index (χ1) is 9.86. The van der Waals surface area contributed by atoms with Gasteiger partial charge < -0.3 is 10.4 Å². The molecule has 1 fully saturated rings. The summed E-state index contributed by atoms with van der Waals surface area (Å²) in [4.78, 5) is 14.3. The summed E-state index contributed by atoms with van der Waals surface area (Å²) in [5.41, 5.74) is 0.895. The predicted octanol–water partition coefficient (Wildman–Crippen LogP) is 3.14. The number of carbonyl (C=O) groups excluding carboxylic acids is 1. The lowest BCUT2D eigenvalue weighted by molar-refractivity contribution is -0.118. The number of halogens is 3. The highest BCUT2D eigenvalue weighted by Gasteiger charge is 2.25. The van der Waals surface area contributed by atoms with Gasteiger partial charge >= 0.3 is 0 Å². The standard InChI is InChI=1S/C14H17I3N2O2/c1-8-6-19(3-2-12(8)20)7-13(21)18-14-10(16)4-9(15)5-11(14)17/h4-5,8,12,20H,2-3,6-7H2,1H3,(H,18,21). The first-order valence-electron chi connectivity index (χ1n) is 6.71. The molecule has 1 aromatic rings. The van der Waals surface area contributed by atoms with Crippen molar-refractivity contribution < 1.29 is 9.90 Å². The van der Waals surface area contributed by atoms with Crippen molar-refractivity contribution in [3.05, 3.63) is 22.8 Å². The molecule has 0 radical (unpaired) electrons. The fourth-order valence-corrected chi connectivity index (χ4v) is 6.26. The number of anilines is 1. The van der Waals surface area contributed by atoms with Crippen molar-refractivity contribution in [2.24, 2.45) is 5.92 Å². The fraction of sp³-hybridized carbons (Fsp3) is 0.500. The normalized spacial score (nSPS) is 23.1. The molecule has 1 aliphatic rings. The van der Waals surface area contributed by atoms with Gasteiger partial charge in [-0.05, 0) is 92.2 Å². The Balaban J connectivity index is 1.96. The zero-order chi connectivity index (χ0) is 15.6. The molecule has 0 saturated carbocycles. The molecule has 116 valence electrons. The van der Waals surface area contributed by atoms with E-state index in [9.17, 15) is 9.90 Å². The van der Waals surface area contributed by atoms with E-state index in [1.165, 1.54) is 3.57 Å². The Morgan fingerprint density at radius 2 is 2.00 bits per heavy atom. The van der Waals surface area contributed by atoms with Crippen LogP contribution >= 0.6 is 67.8 Å². The molecule has 1 saturated heterocycles. The van der Waals surface area contributed by atoms with Gasteiger partial charge in [0.25, 0.3) is 0 Å². The zero-order valence-corrected chi connectivity index (χ0v) is 18.0. The van der Waals surface area contributed by atoms with Crippen LogP contribution in [0.5, 0.6) is 0 Å². The molecule has 2 rings (SSSR count). The highest BCUT2D eigenvalue weighted by molar-refractivity contribution is 14.1. The van der Waals surface area contributed by atoms with Crippen LogP contribution in [0.2, 0.25) is 0 Å². The lowest BCUT2D eigenvalue weighted by Crippen LogP contribution is -2.45. The Hall–Kier alpha value is 0.800. The van der Waals surface area contributed by atoms with Crippen LogP contribution in [0.1, 0.15) is 13.3 Å². The lowest BCUT2D eigenvalue weighted by atomic mass is 9.97. The molecule has 2 N–H and O–H groups in total. The maximum atomic E-state index is 12.2. The van der Waals surface area contributed by atoms with Crippen molar-refractivity contribution in [1.82, 2.24) is 4.90 Å². The van der Waals surface area contributed by atoms with E-state index in [4.69, 9.17) is 0 Å². The summed E-state index contributed by atoms with van der Waals surface area (Å²) in [5, 5.41) is 12.8. The predicted molar refractivity (Wildman–Crippen MR) is 109 cm³/mol. The van der Waals surface area contributed by atoms with Crippen LogP contribution in [-0.4, -0.2) is 41.7 Å². The number of aliphatic hydroxyl groups is 1. The van der Waals surface area contributed by atoms with Crippen molar-refractivity contribution in [2.45, 2.75) is 19.4 Å². The molecular weight excluding hydrogens is 609 g/mol. The molecule has 2 unspecified atom stereocenters. The number of carbonyl (C=O) groups is 1. The quantitative estimate of drug-likeness (QED) is 0.508. The number of aliphatic hydroxyl groups excluding tert-OH is 1. The number of rotatable bonds is 3. The Morgan fingerprint density at radius 1 is 1.38 bits per heavy atom. The molecule has 21 heavy (non-hydrogen) atoms. The van der Waals surface area contributed by atoms with Gasteiger partial charge in [-0.2, -0.15) is 0 Å². The fourth-order valence-electron chi connectivity index (χ4n) is 2.41. The minimum absolute atomic E-state index is 0.00984. The second-order valence-corrected chi connectivity index (χ2v) is 8.93. The van der Waals surface area contributed by atoms with Crippen LogP contribution in [0.15, 0.2) is 12.1 Å². The van der Waals surface area contributed by atoms with Crippen LogP contribution in [0.25, 0.3) is 0 Å². The van der Waals surface area contributed by atoms with Crippen LogP contribution in [0.4, 0.5) is 5.69 Å². The molecule has 1 amide bonds. The first kappa shape index (κ1) is 18.1. The van der Waals surface area contributed by atoms with Crippen molar-refractivity contribution in [2.75, 3.05) is 25.0 Å². The minimum Gasteiger partial charge on any atom is -0.393 e. The van der Waals surface area contributed by atoms with Crippen molar-refractivity contribution in [3.63, 3.8) is 0 Å². The van der Waals surface area contributed by atoms with E-state index < -0.39 is 0 Å². The number of piperidine rings is 1. The number of hydrogen-bond donors (Lipinski definition) is 2. The van der Waals surface area contributed by atoms with E-state index in [2.05, 4.69) is 90.1 Å². The van der Waals surface area contributed by atoms with Crippen LogP contribution in [0.3, 0.4) is 0 Å². The number of benzene rings is 1. The second kappa shape index (κ2) is 8.06. The number of nitrogens with one attached hydrogen (secondary N) is 1. The van der Waals surface area contributed by atoms with Crippen LogP contribution in [-0.2, 0) is 4.79 Å². The molecular formula is C14H17I3N2O2. The van der Waals surface area contributed by atoms with Gasteiger partial charge in [-0.25, -0.2) is 0 Å². The molecule has 7 heteroatoms. The van der Waals surface area contributed by atoms with Crippen molar-refractivity contribution >= 4 is 79.4 Å². The maximum Gasteiger partial charge on any atom is 0.238 e. The monoisotopic (exact) mass is 626 g/mol. The summed E-state index contributed by atoms with van der Waals surface area (Å²) in [6.45, 7) is 3.96.